The molecule has 0 radical (unpaired) electrons. The van der Waals surface area contributed by atoms with E-state index in [0.29, 0.717) is 13.1 Å². The summed E-state index contributed by atoms with van der Waals surface area (Å²) in [6.45, 7) is 0.537. The second-order valence-corrected chi connectivity index (χ2v) is 6.59. The lowest BCUT2D eigenvalue weighted by Crippen LogP contribution is -2.44. The highest BCUT2D eigenvalue weighted by atomic mass is 16.4. The third kappa shape index (κ3) is 10.0. The van der Waals surface area contributed by atoms with E-state index in [0.717, 1.165) is 12.0 Å². The van der Waals surface area contributed by atoms with Gasteiger partial charge in [0.1, 0.15) is 6.54 Å². The molecule has 1 aromatic rings. The van der Waals surface area contributed by atoms with Crippen LogP contribution in [0.4, 0.5) is 0 Å². The summed E-state index contributed by atoms with van der Waals surface area (Å²) in [6.07, 6.45) is 0.258. The minimum absolute atomic E-state index is 0.00800. The number of aliphatic hydroxyl groups is 1. The van der Waals surface area contributed by atoms with Crippen LogP contribution >= 0.6 is 0 Å². The van der Waals surface area contributed by atoms with Gasteiger partial charge in [0.25, 0.3) is 0 Å². The lowest BCUT2D eigenvalue weighted by molar-refractivity contribution is -0.139. The molecule has 152 valence electrons. The molecular weight excluding hydrogens is 350 g/mol. The van der Waals surface area contributed by atoms with Crippen molar-refractivity contribution in [2.75, 3.05) is 26.7 Å². The first-order valence-electron chi connectivity index (χ1n) is 8.96. The molecule has 0 aliphatic rings. The first-order chi connectivity index (χ1) is 12.8. The number of carboxylic acids is 1. The van der Waals surface area contributed by atoms with Crippen LogP contribution in [0.15, 0.2) is 30.3 Å². The molecule has 9 nitrogen and oxygen atoms in total. The maximum absolute atomic E-state index is 11.8. The van der Waals surface area contributed by atoms with Crippen LogP contribution in [0.3, 0.4) is 0 Å². The van der Waals surface area contributed by atoms with Crippen LogP contribution in [-0.2, 0) is 9.59 Å². The number of carboxylic acid groups (broad SMARTS) is 1. The number of benzene rings is 1. The van der Waals surface area contributed by atoms with Crippen molar-refractivity contribution in [2.24, 2.45) is 11.5 Å². The minimum atomic E-state index is -1.05. The van der Waals surface area contributed by atoms with Crippen molar-refractivity contribution >= 4 is 11.9 Å². The molecule has 9 heteroatoms. The summed E-state index contributed by atoms with van der Waals surface area (Å²) < 4.78 is 0. The van der Waals surface area contributed by atoms with Crippen molar-refractivity contribution in [2.45, 2.75) is 37.5 Å². The lowest BCUT2D eigenvalue weighted by atomic mass is 10.0. The molecule has 0 heterocycles. The summed E-state index contributed by atoms with van der Waals surface area (Å²) in [4.78, 5) is 22.4. The van der Waals surface area contributed by atoms with E-state index in [-0.39, 0.29) is 25.4 Å². The zero-order valence-corrected chi connectivity index (χ0v) is 15.7. The molecule has 1 unspecified atom stereocenters. The molecule has 0 spiro atoms. The van der Waals surface area contributed by atoms with Gasteiger partial charge in [-0.25, -0.2) is 5.01 Å². The molecule has 0 aliphatic heterocycles. The van der Waals surface area contributed by atoms with Crippen LogP contribution in [0.1, 0.15) is 30.9 Å². The molecule has 0 saturated carbocycles. The van der Waals surface area contributed by atoms with Crippen LogP contribution in [0.2, 0.25) is 0 Å². The third-order valence-corrected chi connectivity index (χ3v) is 3.97. The van der Waals surface area contributed by atoms with Gasteiger partial charge in [-0.2, -0.15) is 0 Å². The zero-order chi connectivity index (χ0) is 20.2. The van der Waals surface area contributed by atoms with Gasteiger partial charge in [-0.05, 0) is 24.9 Å². The molecule has 3 atom stereocenters. The highest BCUT2D eigenvalue weighted by Gasteiger charge is 2.18. The largest absolute Gasteiger partial charge is 0.480 e. The SMILES string of the molecule is CN(CC(=O)O)NC(=O)C[C@H](N)C[C@@H](O)CNC(CCN)c1ccccc1. The number of likely N-dealkylation sites (N-methyl/N-ethyl adjacent to an activating group) is 1. The Labute approximate surface area is 159 Å². The summed E-state index contributed by atoms with van der Waals surface area (Å²) in [5.74, 6) is -1.44. The molecule has 0 aromatic heterocycles. The Balaban J connectivity index is 2.38. The van der Waals surface area contributed by atoms with Crippen molar-refractivity contribution in [3.8, 4) is 0 Å². The van der Waals surface area contributed by atoms with Crippen LogP contribution in [0, 0.1) is 0 Å². The number of hydrogen-bond donors (Lipinski definition) is 6. The van der Waals surface area contributed by atoms with Gasteiger partial charge in [-0.1, -0.05) is 30.3 Å². The Hall–Kier alpha value is -2.04. The fourth-order valence-corrected chi connectivity index (χ4v) is 2.77. The predicted molar refractivity (Wildman–Crippen MR) is 102 cm³/mol. The van der Waals surface area contributed by atoms with Gasteiger partial charge in [0.05, 0.1) is 6.10 Å². The van der Waals surface area contributed by atoms with Crippen molar-refractivity contribution < 1.29 is 19.8 Å². The fraction of sp³-hybridized carbons (Fsp3) is 0.556. The lowest BCUT2D eigenvalue weighted by Gasteiger charge is -2.23. The van der Waals surface area contributed by atoms with Gasteiger partial charge >= 0.3 is 5.97 Å². The Morgan fingerprint density at radius 3 is 2.52 bits per heavy atom. The van der Waals surface area contributed by atoms with Gasteiger partial charge in [0, 0.05) is 32.1 Å². The van der Waals surface area contributed by atoms with Crippen LogP contribution < -0.4 is 22.2 Å². The number of nitrogens with zero attached hydrogens (tertiary/aromatic N) is 1. The van der Waals surface area contributed by atoms with E-state index in [1.165, 1.54) is 12.1 Å². The Morgan fingerprint density at radius 2 is 1.93 bits per heavy atom. The monoisotopic (exact) mass is 381 g/mol. The summed E-state index contributed by atoms with van der Waals surface area (Å²) in [5.41, 5.74) is 15.1. The Bertz CT molecular complexity index is 572. The molecule has 27 heavy (non-hydrogen) atoms. The summed E-state index contributed by atoms with van der Waals surface area (Å²) in [7, 11) is 1.46. The fourth-order valence-electron chi connectivity index (χ4n) is 2.77. The van der Waals surface area contributed by atoms with Gasteiger partial charge in [-0.15, -0.1) is 0 Å². The van der Waals surface area contributed by atoms with Crippen molar-refractivity contribution in [3.63, 3.8) is 0 Å². The average molecular weight is 381 g/mol. The number of carbonyl (C=O) groups excluding carboxylic acids is 1. The summed E-state index contributed by atoms with van der Waals surface area (Å²) in [5, 5.41) is 23.3. The van der Waals surface area contributed by atoms with Gasteiger partial charge in [0.2, 0.25) is 5.91 Å². The second kappa shape index (κ2) is 12.4. The van der Waals surface area contributed by atoms with Crippen molar-refractivity contribution in [1.29, 1.82) is 0 Å². The minimum Gasteiger partial charge on any atom is -0.480 e. The number of hydrazine groups is 1. The average Bonchev–Trinajstić information content (AvgIpc) is 2.58. The van der Waals surface area contributed by atoms with Gasteiger partial charge in [0.15, 0.2) is 0 Å². The van der Waals surface area contributed by atoms with E-state index >= 15 is 0 Å². The highest BCUT2D eigenvalue weighted by molar-refractivity contribution is 5.76. The van der Waals surface area contributed by atoms with E-state index < -0.39 is 24.0 Å². The molecule has 1 rings (SSSR count). The summed E-state index contributed by atoms with van der Waals surface area (Å²) in [6, 6.07) is 9.35. The van der Waals surface area contributed by atoms with Crippen LogP contribution in [0.25, 0.3) is 0 Å². The number of amides is 1. The molecular formula is C18H31N5O4. The maximum atomic E-state index is 11.8. The van der Waals surface area contributed by atoms with E-state index in [9.17, 15) is 14.7 Å². The van der Waals surface area contributed by atoms with Crippen LogP contribution in [-0.4, -0.2) is 65.9 Å². The third-order valence-electron chi connectivity index (χ3n) is 3.97. The predicted octanol–water partition coefficient (Wildman–Crippen LogP) is -0.818. The van der Waals surface area contributed by atoms with Gasteiger partial charge < -0.3 is 27.0 Å². The molecule has 8 N–H and O–H groups in total. The molecule has 0 fully saturated rings. The van der Waals surface area contributed by atoms with E-state index in [1.807, 2.05) is 30.3 Å². The molecule has 0 bridgehead atoms. The van der Waals surface area contributed by atoms with Gasteiger partial charge in [-0.3, -0.25) is 15.0 Å². The molecule has 0 saturated heterocycles. The standard InChI is InChI=1S/C18H31N5O4/c1-23(12-18(26)27)22-17(25)10-14(20)9-15(24)11-21-16(7-8-19)13-5-3-2-4-6-13/h2-6,14-16,21,24H,7-12,19-20H2,1H3,(H,22,25)(H,26,27)/t14-,15-,16?/m1/s1. The number of carbonyl (C=O) groups is 2. The number of nitrogens with two attached hydrogens (primary N) is 2. The zero-order valence-electron chi connectivity index (χ0n) is 15.7. The Kier molecular flexibility index (Phi) is 10.5. The molecule has 1 aromatic carbocycles. The van der Waals surface area contributed by atoms with Crippen molar-refractivity contribution in [1.82, 2.24) is 15.8 Å². The first kappa shape index (κ1) is 23.0. The second-order valence-electron chi connectivity index (χ2n) is 6.59. The number of aliphatic carboxylic acids is 1. The topological polar surface area (TPSA) is 154 Å². The normalized spacial score (nSPS) is 14.6. The van der Waals surface area contributed by atoms with E-state index in [4.69, 9.17) is 16.6 Å². The summed E-state index contributed by atoms with van der Waals surface area (Å²) >= 11 is 0. The number of nitrogens with one attached hydrogen (secondary N) is 2. The van der Waals surface area contributed by atoms with E-state index in [1.54, 1.807) is 0 Å². The maximum Gasteiger partial charge on any atom is 0.319 e. The highest BCUT2D eigenvalue weighted by Crippen LogP contribution is 2.15. The Morgan fingerprint density at radius 1 is 1.26 bits per heavy atom. The first-order valence-corrected chi connectivity index (χ1v) is 8.96. The molecule has 1 amide bonds. The number of hydrogen-bond acceptors (Lipinski definition) is 7. The smallest absolute Gasteiger partial charge is 0.319 e. The molecule has 0 aliphatic carbocycles. The quantitative estimate of drug-likeness (QED) is 0.242. The van der Waals surface area contributed by atoms with Crippen molar-refractivity contribution in [3.05, 3.63) is 35.9 Å². The van der Waals surface area contributed by atoms with Crippen LogP contribution in [0.5, 0.6) is 0 Å². The van der Waals surface area contributed by atoms with E-state index in [2.05, 4.69) is 10.7 Å². The number of aliphatic hydroxyl groups excluding tert-OH is 1. The number of rotatable bonds is 13.